The number of nitrogens with one attached hydrogen (secondary N) is 2. The van der Waals surface area contributed by atoms with E-state index < -0.39 is 0 Å². The number of pyridine rings is 1. The highest BCUT2D eigenvalue weighted by Gasteiger charge is 2.24. The first-order chi connectivity index (χ1) is 14.5. The molecule has 1 saturated carbocycles. The predicted octanol–water partition coefficient (Wildman–Crippen LogP) is 3.90. The SMILES string of the molecule is CN(C)c1nc(NC2CCC(NC(=O)c3ccnc(Cl)c3)CC2)nc2ccccc12. The third kappa shape index (κ3) is 4.62. The van der Waals surface area contributed by atoms with Crippen LogP contribution < -0.4 is 15.5 Å². The molecule has 1 aliphatic carbocycles. The van der Waals surface area contributed by atoms with Crippen LogP contribution in [-0.2, 0) is 0 Å². The molecular formula is C22H25ClN6O. The normalized spacial score (nSPS) is 18.8. The van der Waals surface area contributed by atoms with Gasteiger partial charge in [0.05, 0.1) is 5.52 Å². The Balaban J connectivity index is 1.37. The summed E-state index contributed by atoms with van der Waals surface area (Å²) in [6, 6.07) is 11.7. The van der Waals surface area contributed by atoms with E-state index in [2.05, 4.69) is 15.6 Å². The molecule has 156 valence electrons. The number of carbonyl (C=O) groups excluding carboxylic acids is 1. The minimum Gasteiger partial charge on any atom is -0.362 e. The highest BCUT2D eigenvalue weighted by molar-refractivity contribution is 6.29. The first kappa shape index (κ1) is 20.3. The van der Waals surface area contributed by atoms with Gasteiger partial charge in [0.1, 0.15) is 11.0 Å². The summed E-state index contributed by atoms with van der Waals surface area (Å²) >= 11 is 5.88. The van der Waals surface area contributed by atoms with Crippen molar-refractivity contribution < 1.29 is 4.79 Å². The van der Waals surface area contributed by atoms with Crippen molar-refractivity contribution in [3.63, 3.8) is 0 Å². The Morgan fingerprint density at radius 2 is 1.80 bits per heavy atom. The molecule has 0 unspecified atom stereocenters. The number of para-hydroxylation sites is 1. The van der Waals surface area contributed by atoms with Gasteiger partial charge >= 0.3 is 0 Å². The Labute approximate surface area is 180 Å². The van der Waals surface area contributed by atoms with E-state index in [9.17, 15) is 4.79 Å². The lowest BCUT2D eigenvalue weighted by Crippen LogP contribution is -2.40. The maximum atomic E-state index is 12.4. The van der Waals surface area contributed by atoms with Gasteiger partial charge in [-0.15, -0.1) is 0 Å². The fourth-order valence-corrected chi connectivity index (χ4v) is 4.02. The molecule has 1 amide bonds. The van der Waals surface area contributed by atoms with E-state index in [1.54, 1.807) is 18.3 Å². The number of hydrogen-bond acceptors (Lipinski definition) is 6. The molecule has 4 rings (SSSR count). The van der Waals surface area contributed by atoms with Gasteiger partial charge in [0.15, 0.2) is 0 Å². The smallest absolute Gasteiger partial charge is 0.251 e. The summed E-state index contributed by atoms with van der Waals surface area (Å²) in [7, 11) is 3.98. The van der Waals surface area contributed by atoms with Gasteiger partial charge < -0.3 is 15.5 Å². The average Bonchev–Trinajstić information content (AvgIpc) is 2.74. The number of halogens is 1. The minimum absolute atomic E-state index is 0.107. The topological polar surface area (TPSA) is 83.0 Å². The molecule has 30 heavy (non-hydrogen) atoms. The van der Waals surface area contributed by atoms with Crippen LogP contribution in [0.15, 0.2) is 42.6 Å². The van der Waals surface area contributed by atoms with Crippen molar-refractivity contribution in [3.05, 3.63) is 53.3 Å². The number of rotatable bonds is 5. The molecule has 0 radical (unpaired) electrons. The van der Waals surface area contributed by atoms with E-state index in [0.717, 1.165) is 42.4 Å². The van der Waals surface area contributed by atoms with Gasteiger partial charge in [-0.05, 0) is 49.9 Å². The van der Waals surface area contributed by atoms with E-state index in [0.29, 0.717) is 16.7 Å². The molecule has 1 aromatic carbocycles. The van der Waals surface area contributed by atoms with Gasteiger partial charge in [-0.25, -0.2) is 9.97 Å². The lowest BCUT2D eigenvalue weighted by molar-refractivity contribution is 0.0926. The van der Waals surface area contributed by atoms with E-state index in [4.69, 9.17) is 21.6 Å². The van der Waals surface area contributed by atoms with Gasteiger partial charge in [-0.2, -0.15) is 4.98 Å². The summed E-state index contributed by atoms with van der Waals surface area (Å²) in [5.41, 5.74) is 1.46. The number of nitrogens with zero attached hydrogens (tertiary/aromatic N) is 4. The second-order valence-electron chi connectivity index (χ2n) is 7.82. The molecule has 7 nitrogen and oxygen atoms in total. The largest absolute Gasteiger partial charge is 0.362 e. The summed E-state index contributed by atoms with van der Waals surface area (Å²) in [4.78, 5) is 27.8. The zero-order valence-corrected chi connectivity index (χ0v) is 17.9. The van der Waals surface area contributed by atoms with Gasteiger partial charge in [-0.1, -0.05) is 23.7 Å². The zero-order valence-electron chi connectivity index (χ0n) is 17.1. The standard InChI is InChI=1S/C22H25ClN6O/c1-29(2)20-17-5-3-4-6-18(17)27-22(28-20)26-16-9-7-15(8-10-16)25-21(30)14-11-12-24-19(23)13-14/h3-6,11-13,15-16H,7-10H2,1-2H3,(H,25,30)(H,26,27,28). The number of benzene rings is 1. The molecule has 0 saturated heterocycles. The number of amides is 1. The minimum atomic E-state index is -0.107. The Kier molecular flexibility index (Phi) is 5.99. The molecule has 0 aliphatic heterocycles. The van der Waals surface area contributed by atoms with Crippen LogP contribution in [0.25, 0.3) is 10.9 Å². The van der Waals surface area contributed by atoms with E-state index in [-0.39, 0.29) is 18.0 Å². The second kappa shape index (κ2) is 8.83. The number of fused-ring (bicyclic) bond motifs is 1. The van der Waals surface area contributed by atoms with E-state index in [1.807, 2.05) is 43.3 Å². The molecule has 2 aromatic heterocycles. The van der Waals surface area contributed by atoms with Crippen LogP contribution in [0.2, 0.25) is 5.15 Å². The van der Waals surface area contributed by atoms with Gasteiger partial charge in [-0.3, -0.25) is 4.79 Å². The summed E-state index contributed by atoms with van der Waals surface area (Å²) in [6.07, 6.45) is 5.22. The number of anilines is 2. The first-order valence-electron chi connectivity index (χ1n) is 10.1. The lowest BCUT2D eigenvalue weighted by atomic mass is 9.91. The van der Waals surface area contributed by atoms with E-state index >= 15 is 0 Å². The number of carbonyl (C=O) groups is 1. The molecule has 3 aromatic rings. The second-order valence-corrected chi connectivity index (χ2v) is 8.20. The molecule has 2 N–H and O–H groups in total. The highest BCUT2D eigenvalue weighted by atomic mass is 35.5. The summed E-state index contributed by atoms with van der Waals surface area (Å²) in [5.74, 6) is 1.44. The van der Waals surface area contributed by atoms with Crippen LogP contribution in [0.4, 0.5) is 11.8 Å². The van der Waals surface area contributed by atoms with Crippen LogP contribution in [0.5, 0.6) is 0 Å². The molecule has 8 heteroatoms. The molecule has 1 fully saturated rings. The lowest BCUT2D eigenvalue weighted by Gasteiger charge is -2.30. The monoisotopic (exact) mass is 424 g/mol. The van der Waals surface area contributed by atoms with Gasteiger partial charge in [0.25, 0.3) is 5.91 Å². The molecule has 0 spiro atoms. The van der Waals surface area contributed by atoms with Crippen LogP contribution in [0, 0.1) is 0 Å². The Morgan fingerprint density at radius 3 is 2.53 bits per heavy atom. The van der Waals surface area contributed by atoms with Crippen molar-refractivity contribution in [1.82, 2.24) is 20.3 Å². The van der Waals surface area contributed by atoms with Crippen molar-refractivity contribution in [1.29, 1.82) is 0 Å². The Bertz CT molecular complexity index is 1050. The quantitative estimate of drug-likeness (QED) is 0.604. The Hall–Kier alpha value is -2.93. The average molecular weight is 425 g/mol. The third-order valence-corrected chi connectivity index (χ3v) is 5.60. The number of aromatic nitrogens is 3. The van der Waals surface area contributed by atoms with Crippen LogP contribution in [0.3, 0.4) is 0 Å². The third-order valence-electron chi connectivity index (χ3n) is 5.39. The van der Waals surface area contributed by atoms with Crippen molar-refractivity contribution in [2.45, 2.75) is 37.8 Å². The van der Waals surface area contributed by atoms with Crippen molar-refractivity contribution in [2.75, 3.05) is 24.3 Å². The summed E-state index contributed by atoms with van der Waals surface area (Å²) in [5, 5.41) is 7.96. The summed E-state index contributed by atoms with van der Waals surface area (Å²) < 4.78 is 0. The molecule has 0 bridgehead atoms. The summed E-state index contributed by atoms with van der Waals surface area (Å²) in [6.45, 7) is 0. The van der Waals surface area contributed by atoms with Gasteiger partial charge in [0.2, 0.25) is 5.95 Å². The molecule has 2 heterocycles. The molecule has 0 atom stereocenters. The molecular weight excluding hydrogens is 400 g/mol. The van der Waals surface area contributed by atoms with E-state index in [1.165, 1.54) is 0 Å². The van der Waals surface area contributed by atoms with Crippen LogP contribution >= 0.6 is 11.6 Å². The molecule has 1 aliphatic rings. The van der Waals surface area contributed by atoms with Crippen molar-refractivity contribution in [3.8, 4) is 0 Å². The fraction of sp³-hybridized carbons (Fsp3) is 0.364. The highest BCUT2D eigenvalue weighted by Crippen LogP contribution is 2.26. The van der Waals surface area contributed by atoms with Gasteiger partial charge in [0, 0.05) is 43.3 Å². The zero-order chi connectivity index (χ0) is 21.1. The van der Waals surface area contributed by atoms with Crippen molar-refractivity contribution in [2.24, 2.45) is 0 Å². The van der Waals surface area contributed by atoms with Crippen LogP contribution in [-0.4, -0.2) is 47.0 Å². The van der Waals surface area contributed by atoms with Crippen LogP contribution in [0.1, 0.15) is 36.0 Å². The fourth-order valence-electron chi connectivity index (χ4n) is 3.84. The first-order valence-corrected chi connectivity index (χ1v) is 10.5. The maximum Gasteiger partial charge on any atom is 0.251 e. The Morgan fingerprint density at radius 1 is 1.07 bits per heavy atom. The maximum absolute atomic E-state index is 12.4. The van der Waals surface area contributed by atoms with Crippen molar-refractivity contribution >= 4 is 40.2 Å². The predicted molar refractivity (Wildman–Crippen MR) is 120 cm³/mol. The number of hydrogen-bond donors (Lipinski definition) is 2.